The summed E-state index contributed by atoms with van der Waals surface area (Å²) in [7, 11) is 0. The van der Waals surface area contributed by atoms with Crippen molar-refractivity contribution in [2.45, 2.75) is 46.7 Å². The zero-order chi connectivity index (χ0) is 29.4. The predicted octanol–water partition coefficient (Wildman–Crippen LogP) is 6.27. The second-order valence-corrected chi connectivity index (χ2v) is 11.0. The molecular weight excluding hydrogens is 534 g/mol. The zero-order valence-electron chi connectivity index (χ0n) is 23.7. The lowest BCUT2D eigenvalue weighted by atomic mass is 9.96. The second-order valence-electron chi connectivity index (χ2n) is 10.7. The van der Waals surface area contributed by atoms with Gasteiger partial charge in [-0.1, -0.05) is 26.0 Å². The number of hydrogen-bond donors (Lipinski definition) is 3. The summed E-state index contributed by atoms with van der Waals surface area (Å²) in [4.78, 5) is 30.8. The summed E-state index contributed by atoms with van der Waals surface area (Å²) in [5.74, 6) is -1.13. The number of amides is 1. The van der Waals surface area contributed by atoms with Crippen LogP contribution in [0, 0.1) is 26.7 Å². The number of thiocarbonyl (C=S) groups is 1. The molecule has 9 heteroatoms. The van der Waals surface area contributed by atoms with Crippen molar-refractivity contribution in [2.24, 2.45) is 5.92 Å². The number of carboxylic acid groups (broad SMARTS) is 1. The van der Waals surface area contributed by atoms with E-state index in [1.54, 1.807) is 24.4 Å². The predicted molar refractivity (Wildman–Crippen MR) is 165 cm³/mol. The highest BCUT2D eigenvalue weighted by Crippen LogP contribution is 2.44. The Morgan fingerprint density at radius 1 is 1.00 bits per heavy atom. The van der Waals surface area contributed by atoms with Crippen LogP contribution in [0.1, 0.15) is 64.5 Å². The highest BCUT2D eigenvalue weighted by atomic mass is 32.1. The van der Waals surface area contributed by atoms with Crippen molar-refractivity contribution < 1.29 is 14.7 Å². The van der Waals surface area contributed by atoms with E-state index in [1.807, 2.05) is 77.1 Å². The van der Waals surface area contributed by atoms with E-state index in [1.165, 1.54) is 0 Å². The van der Waals surface area contributed by atoms with Gasteiger partial charge in [0.1, 0.15) is 0 Å². The Labute approximate surface area is 245 Å². The summed E-state index contributed by atoms with van der Waals surface area (Å²) < 4.78 is 2.08. The van der Waals surface area contributed by atoms with Crippen LogP contribution in [0.2, 0.25) is 0 Å². The number of nitrogens with zero attached hydrogens (tertiary/aromatic N) is 3. The van der Waals surface area contributed by atoms with Gasteiger partial charge in [-0.05, 0) is 98.7 Å². The first-order valence-corrected chi connectivity index (χ1v) is 13.9. The summed E-state index contributed by atoms with van der Waals surface area (Å²) in [5.41, 5.74) is 7.44. The average molecular weight is 568 g/mol. The van der Waals surface area contributed by atoms with Gasteiger partial charge in [0.2, 0.25) is 5.91 Å². The molecule has 0 bridgehead atoms. The van der Waals surface area contributed by atoms with Crippen LogP contribution >= 0.6 is 12.2 Å². The maximum Gasteiger partial charge on any atom is 0.335 e. The molecule has 2 atom stereocenters. The van der Waals surface area contributed by atoms with Crippen molar-refractivity contribution in [1.29, 1.82) is 0 Å². The Morgan fingerprint density at radius 3 is 2.44 bits per heavy atom. The number of carboxylic acids is 1. The first-order chi connectivity index (χ1) is 19.6. The third kappa shape index (κ3) is 5.32. The number of carbonyl (C=O) groups is 2. The van der Waals surface area contributed by atoms with E-state index in [2.05, 4.69) is 31.2 Å². The summed E-state index contributed by atoms with van der Waals surface area (Å²) in [5, 5.41) is 16.7. The van der Waals surface area contributed by atoms with Gasteiger partial charge in [-0.2, -0.15) is 0 Å². The fourth-order valence-electron chi connectivity index (χ4n) is 5.43. The molecule has 0 unspecified atom stereocenters. The van der Waals surface area contributed by atoms with Gasteiger partial charge in [0.15, 0.2) is 5.11 Å². The highest BCUT2D eigenvalue weighted by Gasteiger charge is 2.42. The van der Waals surface area contributed by atoms with E-state index in [-0.39, 0.29) is 29.5 Å². The molecule has 3 heterocycles. The standard InChI is InChI=1S/C32H33N5O3S/c1-18(2)30(38)34-26-13-12-24(15-19(26)3)37-29(28(35-32(37)41)27-11-6-7-14-33-27)25-16-20(4)36(21(25)5)23-10-8-9-22(17-23)31(39)40/h6-18,28-29H,1-5H3,(H,34,38)(H,35,41)(H,39,40)/t28-,29-/m0/s1. The molecule has 2 aromatic heterocycles. The lowest BCUT2D eigenvalue weighted by Crippen LogP contribution is -2.29. The quantitative estimate of drug-likeness (QED) is 0.227. The lowest BCUT2D eigenvalue weighted by molar-refractivity contribution is -0.118. The van der Waals surface area contributed by atoms with Crippen molar-refractivity contribution in [3.63, 3.8) is 0 Å². The van der Waals surface area contributed by atoms with Crippen molar-refractivity contribution in [1.82, 2.24) is 14.9 Å². The fourth-order valence-corrected chi connectivity index (χ4v) is 5.77. The molecule has 0 saturated carbocycles. The third-order valence-corrected chi connectivity index (χ3v) is 7.82. The van der Waals surface area contributed by atoms with Crippen LogP contribution in [0.25, 0.3) is 5.69 Å². The number of nitrogens with one attached hydrogen (secondary N) is 2. The minimum absolute atomic E-state index is 0.0355. The van der Waals surface area contributed by atoms with Crippen LogP contribution < -0.4 is 15.5 Å². The molecule has 1 aliphatic rings. The average Bonchev–Trinajstić information content (AvgIpc) is 3.44. The molecule has 41 heavy (non-hydrogen) atoms. The number of hydrogen-bond acceptors (Lipinski definition) is 4. The molecule has 1 saturated heterocycles. The molecule has 210 valence electrons. The smallest absolute Gasteiger partial charge is 0.335 e. The number of pyridine rings is 1. The third-order valence-electron chi connectivity index (χ3n) is 7.51. The first kappa shape index (κ1) is 28.0. The molecule has 4 aromatic rings. The summed E-state index contributed by atoms with van der Waals surface area (Å²) in [6, 6.07) is 20.4. The van der Waals surface area contributed by atoms with Gasteiger partial charge in [0.05, 0.1) is 23.3 Å². The summed E-state index contributed by atoms with van der Waals surface area (Å²) >= 11 is 5.92. The van der Waals surface area contributed by atoms with Crippen LogP contribution in [0.5, 0.6) is 0 Å². The fraction of sp³-hybridized carbons (Fsp3) is 0.250. The molecule has 1 fully saturated rings. The van der Waals surface area contributed by atoms with Gasteiger partial charge in [-0.3, -0.25) is 9.78 Å². The van der Waals surface area contributed by atoms with Gasteiger partial charge in [-0.15, -0.1) is 0 Å². The maximum atomic E-state index is 12.3. The van der Waals surface area contributed by atoms with Gasteiger partial charge in [0.25, 0.3) is 0 Å². The summed E-state index contributed by atoms with van der Waals surface area (Å²) in [6.45, 7) is 9.76. The Kier molecular flexibility index (Phi) is 7.64. The number of aromatic carboxylic acids is 1. The van der Waals surface area contributed by atoms with Gasteiger partial charge in [-0.25, -0.2) is 4.79 Å². The first-order valence-electron chi connectivity index (χ1n) is 13.5. The van der Waals surface area contributed by atoms with Crippen molar-refractivity contribution >= 4 is 40.6 Å². The molecule has 1 amide bonds. The molecule has 1 aliphatic heterocycles. The van der Waals surface area contributed by atoms with Crippen LogP contribution in [-0.2, 0) is 4.79 Å². The van der Waals surface area contributed by atoms with E-state index in [0.717, 1.165) is 45.3 Å². The number of carbonyl (C=O) groups excluding carboxylic acids is 1. The topological polar surface area (TPSA) is 99.5 Å². The molecule has 0 radical (unpaired) electrons. The number of anilines is 2. The monoisotopic (exact) mass is 567 g/mol. The van der Waals surface area contributed by atoms with Crippen LogP contribution in [-0.4, -0.2) is 31.6 Å². The molecule has 3 N–H and O–H groups in total. The Hall–Kier alpha value is -4.50. The molecule has 8 nitrogen and oxygen atoms in total. The number of aromatic nitrogens is 2. The van der Waals surface area contributed by atoms with Crippen LogP contribution in [0.15, 0.2) is 72.9 Å². The molecule has 2 aromatic carbocycles. The van der Waals surface area contributed by atoms with Gasteiger partial charge in [0, 0.05) is 40.6 Å². The number of benzene rings is 2. The lowest BCUT2D eigenvalue weighted by Gasteiger charge is -2.29. The molecule has 0 spiro atoms. The second kappa shape index (κ2) is 11.2. The number of rotatable bonds is 7. The van der Waals surface area contributed by atoms with Crippen molar-refractivity contribution in [3.05, 3.63) is 107 Å². The highest BCUT2D eigenvalue weighted by molar-refractivity contribution is 7.80. The molecule has 5 rings (SSSR count). The van der Waals surface area contributed by atoms with E-state index in [9.17, 15) is 14.7 Å². The zero-order valence-corrected chi connectivity index (χ0v) is 24.5. The van der Waals surface area contributed by atoms with Crippen molar-refractivity contribution in [3.8, 4) is 5.69 Å². The Balaban J connectivity index is 1.62. The maximum absolute atomic E-state index is 12.3. The minimum atomic E-state index is -0.968. The van der Waals surface area contributed by atoms with Crippen LogP contribution in [0.4, 0.5) is 11.4 Å². The SMILES string of the molecule is Cc1cc(N2C(=S)N[C@@H](c3ccccn3)[C@@H]2c2cc(C)n(-c3cccc(C(=O)O)c3)c2C)ccc1NC(=O)C(C)C. The minimum Gasteiger partial charge on any atom is -0.478 e. The molecular formula is C32H33N5O3S. The van der Waals surface area contributed by atoms with E-state index in [4.69, 9.17) is 12.2 Å². The van der Waals surface area contributed by atoms with E-state index in [0.29, 0.717) is 5.11 Å². The Morgan fingerprint density at radius 2 is 1.78 bits per heavy atom. The van der Waals surface area contributed by atoms with E-state index >= 15 is 0 Å². The van der Waals surface area contributed by atoms with Crippen LogP contribution in [0.3, 0.4) is 0 Å². The van der Waals surface area contributed by atoms with E-state index < -0.39 is 5.97 Å². The van der Waals surface area contributed by atoms with Gasteiger partial charge < -0.3 is 25.2 Å². The largest absolute Gasteiger partial charge is 0.478 e. The van der Waals surface area contributed by atoms with Crippen molar-refractivity contribution in [2.75, 3.05) is 10.2 Å². The normalized spacial score (nSPS) is 16.6. The summed E-state index contributed by atoms with van der Waals surface area (Å²) in [6.07, 6.45) is 1.77. The van der Waals surface area contributed by atoms with Gasteiger partial charge >= 0.3 is 5.97 Å². The molecule has 0 aliphatic carbocycles. The number of aryl methyl sites for hydroxylation is 2. The Bertz CT molecular complexity index is 1650.